The molecular formula is C13H8BClF3N3OS. The van der Waals surface area contributed by atoms with Gasteiger partial charge in [-0.1, -0.05) is 0 Å². The van der Waals surface area contributed by atoms with E-state index >= 15 is 0 Å². The van der Waals surface area contributed by atoms with E-state index in [0.717, 1.165) is 28.7 Å². The summed E-state index contributed by atoms with van der Waals surface area (Å²) in [6.07, 6.45) is -3.19. The van der Waals surface area contributed by atoms with Gasteiger partial charge < -0.3 is 0 Å². The molecule has 0 amide bonds. The Balaban J connectivity index is 2.37. The van der Waals surface area contributed by atoms with Crippen LogP contribution in [0.1, 0.15) is 22.7 Å². The number of anilines is 1. The Morgan fingerprint density at radius 1 is 1.48 bits per heavy atom. The van der Waals surface area contributed by atoms with Crippen molar-refractivity contribution in [1.82, 2.24) is 9.38 Å². The van der Waals surface area contributed by atoms with E-state index in [1.807, 2.05) is 0 Å². The molecule has 0 radical (unpaired) electrons. The maximum absolute atomic E-state index is 13.4. The summed E-state index contributed by atoms with van der Waals surface area (Å²) in [5, 5.41) is 1.74. The van der Waals surface area contributed by atoms with Gasteiger partial charge in [-0.2, -0.15) is 0 Å². The van der Waals surface area contributed by atoms with Gasteiger partial charge in [-0.25, -0.2) is 0 Å². The number of hydrogen-bond acceptors (Lipinski definition) is 4. The summed E-state index contributed by atoms with van der Waals surface area (Å²) in [6.45, 7) is 2.39. The Bertz CT molecular complexity index is 935. The van der Waals surface area contributed by atoms with Crippen molar-refractivity contribution in [1.29, 1.82) is 0 Å². The van der Waals surface area contributed by atoms with E-state index in [9.17, 15) is 18.0 Å². The van der Waals surface area contributed by atoms with E-state index in [1.165, 1.54) is 13.1 Å². The predicted octanol–water partition coefficient (Wildman–Crippen LogP) is 3.86. The number of nitrogen functional groups attached to an aromatic ring is 1. The van der Waals surface area contributed by atoms with Crippen LogP contribution in [0.3, 0.4) is 0 Å². The summed E-state index contributed by atoms with van der Waals surface area (Å²) in [4.78, 5) is 15.5. The third-order valence-electron chi connectivity index (χ3n) is 3.32. The van der Waals surface area contributed by atoms with Crippen molar-refractivity contribution in [2.75, 3.05) is 5.73 Å². The van der Waals surface area contributed by atoms with Gasteiger partial charge in [0.15, 0.2) is 0 Å². The summed E-state index contributed by atoms with van der Waals surface area (Å²) in [6, 6.07) is 0.976. The first-order chi connectivity index (χ1) is 10.7. The second-order valence-corrected chi connectivity index (χ2v) is 6.12. The first-order valence-corrected chi connectivity index (χ1v) is 7.58. The molecule has 0 spiro atoms. The van der Waals surface area contributed by atoms with Crippen molar-refractivity contribution in [3.05, 3.63) is 33.8 Å². The number of carbonyl (C=O) groups excluding carboxylic acids is 1. The minimum absolute atomic E-state index is 0.0344. The van der Waals surface area contributed by atoms with Gasteiger partial charge in [-0.05, 0) is 0 Å². The molecule has 0 unspecified atom stereocenters. The zero-order valence-electron chi connectivity index (χ0n) is 11.6. The number of ketones is 1. The van der Waals surface area contributed by atoms with Crippen molar-refractivity contribution in [2.45, 2.75) is 13.1 Å². The molecular weight excluding hydrogens is 349 g/mol. The fraction of sp³-hybridized carbons (Fsp3) is 0.154. The van der Waals surface area contributed by atoms with Crippen molar-refractivity contribution >= 4 is 46.2 Å². The average molecular weight is 358 g/mol. The number of carbonyl (C=O) groups is 1. The van der Waals surface area contributed by atoms with Crippen LogP contribution in [0.4, 0.5) is 18.3 Å². The van der Waals surface area contributed by atoms with Gasteiger partial charge in [0.1, 0.15) is 0 Å². The normalized spacial score (nSPS) is 11.9. The van der Waals surface area contributed by atoms with Gasteiger partial charge in [0.2, 0.25) is 0 Å². The summed E-state index contributed by atoms with van der Waals surface area (Å²) in [5.41, 5.74) is 5.02. The van der Waals surface area contributed by atoms with Crippen molar-refractivity contribution < 1.29 is 18.0 Å². The first-order valence-electron chi connectivity index (χ1n) is 6.32. The second-order valence-electron chi connectivity index (χ2n) is 4.87. The molecule has 3 aromatic rings. The second kappa shape index (κ2) is 5.35. The molecule has 0 aromatic carbocycles. The van der Waals surface area contributed by atoms with Gasteiger partial charge in [0.05, 0.1) is 0 Å². The molecule has 3 rings (SSSR count). The first kappa shape index (κ1) is 16.0. The fourth-order valence-corrected chi connectivity index (χ4v) is 3.17. The van der Waals surface area contributed by atoms with Crippen LogP contribution in [-0.2, 0) is 6.18 Å². The van der Waals surface area contributed by atoms with Crippen LogP contribution in [0.25, 0.3) is 16.7 Å². The molecule has 0 fully saturated rings. The van der Waals surface area contributed by atoms with Crippen LogP contribution in [0, 0.1) is 0 Å². The molecule has 2 N–H and O–H groups in total. The monoisotopic (exact) mass is 357 g/mol. The van der Waals surface area contributed by atoms with E-state index in [4.69, 9.17) is 17.3 Å². The van der Waals surface area contributed by atoms with Gasteiger partial charge in [-0.15, -0.1) is 0 Å². The van der Waals surface area contributed by atoms with Crippen LogP contribution in [0.15, 0.2) is 17.6 Å². The summed E-state index contributed by atoms with van der Waals surface area (Å²) in [7, 11) is 0. The molecule has 118 valence electrons. The van der Waals surface area contributed by atoms with E-state index in [-0.39, 0.29) is 26.7 Å². The Morgan fingerprint density at radius 3 is 2.70 bits per heavy atom. The zero-order valence-corrected chi connectivity index (χ0v) is 13.2. The molecule has 10 heteroatoms. The van der Waals surface area contributed by atoms with E-state index in [2.05, 4.69) is 4.98 Å². The van der Waals surface area contributed by atoms with Crippen LogP contribution in [0.2, 0.25) is 5.15 Å². The standard InChI is InChI=1S/C13H8BClF3N3OS/c1-5(22)9-11(15)21-3-6(8-4-23-12(19)20-8)2-7(10(21)14-9)13(16,17)18/h2-4H,1H3,(H2,19,20). The number of nitrogens with two attached hydrogens (primary N) is 1. The number of fused-ring (bicyclic) bond motifs is 1. The molecule has 3 heterocycles. The number of rotatable bonds is 2. The van der Waals surface area contributed by atoms with E-state index in [1.54, 1.807) is 5.38 Å². The third-order valence-corrected chi connectivity index (χ3v) is 4.38. The van der Waals surface area contributed by atoms with E-state index in [0.29, 0.717) is 5.69 Å². The topological polar surface area (TPSA) is 60.4 Å². The summed E-state index contributed by atoms with van der Waals surface area (Å²) < 4.78 is 41.3. The Hall–Kier alpha value is -1.87. The molecule has 23 heavy (non-hydrogen) atoms. The van der Waals surface area contributed by atoms with Crippen LogP contribution < -0.4 is 5.73 Å². The number of aromatic nitrogens is 2. The van der Waals surface area contributed by atoms with Crippen LogP contribution >= 0.6 is 22.9 Å². The molecule has 4 nitrogen and oxygen atoms in total. The summed E-state index contributed by atoms with van der Waals surface area (Å²) in [5.74, 6) is -0.411. The maximum atomic E-state index is 13.4. The molecule has 0 aliphatic heterocycles. The quantitative estimate of drug-likeness (QED) is 0.709. The van der Waals surface area contributed by atoms with Gasteiger partial charge >= 0.3 is 137 Å². The third kappa shape index (κ3) is 2.74. The minimum atomic E-state index is -4.60. The van der Waals surface area contributed by atoms with E-state index < -0.39 is 17.5 Å². The van der Waals surface area contributed by atoms with Gasteiger partial charge in [0.25, 0.3) is 0 Å². The molecule has 0 aliphatic rings. The average Bonchev–Trinajstić information content (AvgIpc) is 3.01. The molecule has 0 aliphatic carbocycles. The number of Topliss-reactive ketones (excluding diaryl/α,β-unsaturated/α-hetero) is 1. The Morgan fingerprint density at radius 2 is 2.17 bits per heavy atom. The molecule has 0 atom stereocenters. The molecule has 0 saturated heterocycles. The predicted molar refractivity (Wildman–Crippen MR) is 84.3 cm³/mol. The number of pyridine rings is 1. The summed E-state index contributed by atoms with van der Waals surface area (Å²) >= 11 is 7.19. The van der Waals surface area contributed by atoms with Crippen LogP contribution in [-0.4, -0.2) is 22.1 Å². The number of thiazole rings is 1. The number of alkyl halides is 3. The molecule has 0 bridgehead atoms. The fourth-order valence-electron chi connectivity index (χ4n) is 2.28. The van der Waals surface area contributed by atoms with Crippen molar-refractivity contribution in [3.63, 3.8) is 0 Å². The SMILES string of the molecule is CC(=O)c1bc2c(C(F)(F)F)cc(-c3csc(N)n3)cn2c1Cl. The Labute approximate surface area is 137 Å². The number of halogens is 4. The van der Waals surface area contributed by atoms with Crippen LogP contribution in [0.5, 0.6) is 0 Å². The number of nitrogens with zero attached hydrogens (tertiary/aromatic N) is 2. The van der Waals surface area contributed by atoms with Crippen molar-refractivity contribution in [2.24, 2.45) is 0 Å². The molecule has 0 saturated carbocycles. The Kier molecular flexibility index (Phi) is 3.72. The van der Waals surface area contributed by atoms with Gasteiger partial charge in [0, 0.05) is 0 Å². The zero-order chi connectivity index (χ0) is 16.9. The molecule has 3 aromatic heterocycles. The van der Waals surface area contributed by atoms with Gasteiger partial charge in [-0.3, -0.25) is 0 Å². The van der Waals surface area contributed by atoms with Crippen molar-refractivity contribution in [3.8, 4) is 11.3 Å². The number of hydrogen-bond donors (Lipinski definition) is 1.